The molecule has 2 aliphatic heterocycles. The van der Waals surface area contributed by atoms with Crippen molar-refractivity contribution in [2.45, 2.75) is 19.0 Å². The molecule has 3 heterocycles. The van der Waals surface area contributed by atoms with E-state index in [-0.39, 0.29) is 18.7 Å². The number of rotatable bonds is 6. The van der Waals surface area contributed by atoms with Crippen molar-refractivity contribution in [2.75, 3.05) is 27.5 Å². The summed E-state index contributed by atoms with van der Waals surface area (Å²) in [6, 6.07) is 18.8. The van der Waals surface area contributed by atoms with E-state index in [9.17, 15) is 4.79 Å². The van der Waals surface area contributed by atoms with Gasteiger partial charge in [0.1, 0.15) is 6.04 Å². The normalized spacial score (nSPS) is 16.3. The number of methoxy groups -OCH3 is 1. The number of fused-ring (bicyclic) bond motifs is 2. The van der Waals surface area contributed by atoms with Gasteiger partial charge in [-0.25, -0.2) is 0 Å². The predicted molar refractivity (Wildman–Crippen MR) is 134 cm³/mol. The van der Waals surface area contributed by atoms with Crippen molar-refractivity contribution in [1.82, 2.24) is 30.4 Å². The van der Waals surface area contributed by atoms with Gasteiger partial charge in [-0.15, -0.1) is 5.10 Å². The molecule has 0 fully saturated rings. The van der Waals surface area contributed by atoms with Crippen LogP contribution in [0.5, 0.6) is 17.2 Å². The van der Waals surface area contributed by atoms with Crippen molar-refractivity contribution in [3.05, 3.63) is 88.7 Å². The van der Waals surface area contributed by atoms with Crippen LogP contribution in [0.15, 0.2) is 60.7 Å². The Kier molecular flexibility index (Phi) is 5.93. The minimum atomic E-state index is -0.293. The summed E-state index contributed by atoms with van der Waals surface area (Å²) in [6.07, 6.45) is 0.827. The number of aromatic nitrogens is 4. The number of tetrazole rings is 1. The monoisotopic (exact) mass is 498 g/mol. The Balaban J connectivity index is 1.35. The first-order valence-corrected chi connectivity index (χ1v) is 12.0. The van der Waals surface area contributed by atoms with Gasteiger partial charge in [0, 0.05) is 24.2 Å². The third kappa shape index (κ3) is 4.15. The number of nitrogens with one attached hydrogen (secondary N) is 1. The van der Waals surface area contributed by atoms with Crippen LogP contribution in [-0.2, 0) is 13.0 Å². The summed E-state index contributed by atoms with van der Waals surface area (Å²) in [5.74, 6) is 2.35. The molecule has 0 radical (unpaired) electrons. The average molecular weight is 499 g/mol. The topological polar surface area (TPSA) is 104 Å². The second kappa shape index (κ2) is 9.55. The van der Waals surface area contributed by atoms with Crippen LogP contribution in [0.1, 0.15) is 38.9 Å². The lowest BCUT2D eigenvalue weighted by molar-refractivity contribution is 0.0951. The lowest BCUT2D eigenvalue weighted by Gasteiger charge is -2.34. The number of hydrogen-bond donors (Lipinski definition) is 1. The molecule has 0 unspecified atom stereocenters. The zero-order valence-electron chi connectivity index (χ0n) is 20.5. The highest BCUT2D eigenvalue weighted by molar-refractivity contribution is 5.94. The van der Waals surface area contributed by atoms with Crippen LogP contribution in [0.2, 0.25) is 0 Å². The van der Waals surface area contributed by atoms with Gasteiger partial charge in [-0.3, -0.25) is 9.69 Å². The second-order valence-corrected chi connectivity index (χ2v) is 9.02. The number of ether oxygens (including phenoxy) is 3. The first-order valence-electron chi connectivity index (χ1n) is 12.0. The van der Waals surface area contributed by atoms with Gasteiger partial charge in [0.15, 0.2) is 17.3 Å². The molecule has 4 aromatic rings. The molecule has 0 bridgehead atoms. The lowest BCUT2D eigenvalue weighted by Crippen LogP contribution is -2.35. The lowest BCUT2D eigenvalue weighted by atomic mass is 9.90. The fourth-order valence-electron chi connectivity index (χ4n) is 4.97. The summed E-state index contributed by atoms with van der Waals surface area (Å²) in [7, 11) is 3.66. The van der Waals surface area contributed by atoms with E-state index in [0.717, 1.165) is 29.7 Å². The third-order valence-corrected chi connectivity index (χ3v) is 6.78. The van der Waals surface area contributed by atoms with E-state index in [2.05, 4.69) is 25.7 Å². The highest BCUT2D eigenvalue weighted by atomic mass is 16.7. The predicted octanol–water partition coefficient (Wildman–Crippen LogP) is 2.91. The Morgan fingerprint density at radius 2 is 2.00 bits per heavy atom. The maximum atomic E-state index is 12.9. The first kappa shape index (κ1) is 23.0. The fourth-order valence-corrected chi connectivity index (χ4v) is 4.97. The summed E-state index contributed by atoms with van der Waals surface area (Å²) in [4.78, 5) is 15.1. The van der Waals surface area contributed by atoms with Crippen LogP contribution in [-0.4, -0.2) is 58.5 Å². The number of amides is 1. The molecule has 0 aliphatic carbocycles. The molecule has 10 nitrogen and oxygen atoms in total. The quantitative estimate of drug-likeness (QED) is 0.433. The van der Waals surface area contributed by atoms with Crippen molar-refractivity contribution < 1.29 is 19.0 Å². The Morgan fingerprint density at radius 3 is 2.84 bits per heavy atom. The standard InChI is InChI=1S/C27H26N6O4/c1-32-12-11-18-14-21-24(37-16-36-21)25(35-2)22(18)23(32)26-29-30-31-33(26)20-10-6-9-19(13-20)27(34)28-15-17-7-4-3-5-8-17/h3-10,13-14,23H,11-12,15-16H2,1-2H3,(H,28,34)/t23-/m1/s1. The number of carbonyl (C=O) groups excluding carboxylic acids is 1. The SMILES string of the molecule is COc1c2c(cc3c1[C@H](c1nnnn1-c1cccc(C(=O)NCc4ccccc4)c1)N(C)CC3)OCO2. The zero-order valence-corrected chi connectivity index (χ0v) is 20.5. The van der Waals surface area contributed by atoms with Crippen molar-refractivity contribution >= 4 is 5.91 Å². The van der Waals surface area contributed by atoms with E-state index in [1.54, 1.807) is 23.9 Å². The molecule has 37 heavy (non-hydrogen) atoms. The highest BCUT2D eigenvalue weighted by Crippen LogP contribution is 2.50. The molecule has 2 aliphatic rings. The summed E-state index contributed by atoms with van der Waals surface area (Å²) in [5.41, 5.74) is 4.30. The fraction of sp³-hybridized carbons (Fsp3) is 0.259. The minimum Gasteiger partial charge on any atom is -0.492 e. The molecule has 0 spiro atoms. The maximum absolute atomic E-state index is 12.9. The van der Waals surface area contributed by atoms with E-state index >= 15 is 0 Å². The van der Waals surface area contributed by atoms with Gasteiger partial charge in [0.25, 0.3) is 5.91 Å². The molecule has 1 atom stereocenters. The molecular formula is C27H26N6O4. The molecule has 1 amide bonds. The molecule has 6 rings (SSSR count). The zero-order chi connectivity index (χ0) is 25.4. The highest BCUT2D eigenvalue weighted by Gasteiger charge is 2.37. The smallest absolute Gasteiger partial charge is 0.251 e. The molecule has 10 heteroatoms. The van der Waals surface area contributed by atoms with Gasteiger partial charge in [-0.2, -0.15) is 4.68 Å². The van der Waals surface area contributed by atoms with Crippen molar-refractivity contribution in [3.63, 3.8) is 0 Å². The summed E-state index contributed by atoms with van der Waals surface area (Å²) in [6.45, 7) is 1.40. The Labute approximate surface area is 213 Å². The number of nitrogens with zero attached hydrogens (tertiary/aromatic N) is 5. The number of likely N-dealkylation sites (N-methyl/N-ethyl adjacent to an activating group) is 1. The van der Waals surface area contributed by atoms with E-state index in [0.29, 0.717) is 40.9 Å². The van der Waals surface area contributed by atoms with Crippen LogP contribution in [0.4, 0.5) is 0 Å². The van der Waals surface area contributed by atoms with Gasteiger partial charge in [0.05, 0.1) is 12.8 Å². The van der Waals surface area contributed by atoms with Crippen LogP contribution < -0.4 is 19.5 Å². The third-order valence-electron chi connectivity index (χ3n) is 6.78. The summed E-state index contributed by atoms with van der Waals surface area (Å²) in [5, 5.41) is 15.7. The second-order valence-electron chi connectivity index (χ2n) is 9.02. The molecule has 1 aromatic heterocycles. The molecule has 1 N–H and O–H groups in total. The van der Waals surface area contributed by atoms with Crippen molar-refractivity contribution in [3.8, 4) is 22.9 Å². The molecule has 0 saturated carbocycles. The van der Waals surface area contributed by atoms with Crippen LogP contribution in [0.3, 0.4) is 0 Å². The minimum absolute atomic E-state index is 0.159. The average Bonchev–Trinajstić information content (AvgIpc) is 3.61. The Bertz CT molecular complexity index is 1450. The van der Waals surface area contributed by atoms with Crippen molar-refractivity contribution in [1.29, 1.82) is 0 Å². The van der Waals surface area contributed by atoms with E-state index in [1.165, 1.54) is 0 Å². The Hall–Kier alpha value is -4.44. The van der Waals surface area contributed by atoms with Gasteiger partial charge < -0.3 is 19.5 Å². The summed E-state index contributed by atoms with van der Waals surface area (Å²) < 4.78 is 18.9. The molecule has 0 saturated heterocycles. The van der Waals surface area contributed by atoms with Crippen LogP contribution >= 0.6 is 0 Å². The van der Waals surface area contributed by atoms with Gasteiger partial charge in [-0.1, -0.05) is 36.4 Å². The maximum Gasteiger partial charge on any atom is 0.251 e. The van der Waals surface area contributed by atoms with Gasteiger partial charge >= 0.3 is 0 Å². The summed E-state index contributed by atoms with van der Waals surface area (Å²) >= 11 is 0. The van der Waals surface area contributed by atoms with E-state index in [4.69, 9.17) is 14.2 Å². The van der Waals surface area contributed by atoms with E-state index < -0.39 is 0 Å². The molecule has 3 aromatic carbocycles. The Morgan fingerprint density at radius 1 is 1.14 bits per heavy atom. The van der Waals surface area contributed by atoms with Crippen molar-refractivity contribution in [2.24, 2.45) is 0 Å². The molecule has 188 valence electrons. The first-order chi connectivity index (χ1) is 18.1. The van der Waals surface area contributed by atoms with Gasteiger partial charge in [-0.05, 0) is 59.3 Å². The largest absolute Gasteiger partial charge is 0.492 e. The number of carbonyl (C=O) groups is 1. The van der Waals surface area contributed by atoms with Crippen LogP contribution in [0, 0.1) is 0 Å². The van der Waals surface area contributed by atoms with Crippen LogP contribution in [0.25, 0.3) is 5.69 Å². The van der Waals surface area contributed by atoms with Gasteiger partial charge in [0.2, 0.25) is 12.5 Å². The number of hydrogen-bond acceptors (Lipinski definition) is 8. The molecular weight excluding hydrogens is 472 g/mol. The number of benzene rings is 3. The van der Waals surface area contributed by atoms with E-state index in [1.807, 2.05) is 55.6 Å².